The van der Waals surface area contributed by atoms with Gasteiger partial charge in [-0.3, -0.25) is 4.79 Å². The smallest absolute Gasteiger partial charge is 0.225 e. The van der Waals surface area contributed by atoms with E-state index in [1.54, 1.807) is 7.11 Å². The van der Waals surface area contributed by atoms with Crippen LogP contribution in [0.3, 0.4) is 0 Å². The van der Waals surface area contributed by atoms with Crippen molar-refractivity contribution >= 4 is 5.91 Å². The first-order valence-corrected chi connectivity index (χ1v) is 6.67. The zero-order chi connectivity index (χ0) is 11.9. The van der Waals surface area contributed by atoms with Crippen LogP contribution in [0.1, 0.15) is 25.7 Å². The molecule has 2 aliphatic heterocycles. The second-order valence-electron chi connectivity index (χ2n) is 5.68. The molecule has 1 aliphatic carbocycles. The van der Waals surface area contributed by atoms with E-state index in [0.29, 0.717) is 17.7 Å². The molecule has 4 heteroatoms. The zero-order valence-electron chi connectivity index (χ0n) is 10.5. The zero-order valence-corrected chi connectivity index (χ0v) is 10.5. The van der Waals surface area contributed by atoms with Crippen LogP contribution in [-0.2, 0) is 14.3 Å². The lowest BCUT2D eigenvalue weighted by molar-refractivity contribution is -0.173. The van der Waals surface area contributed by atoms with E-state index in [-0.39, 0.29) is 5.60 Å². The molecule has 1 saturated carbocycles. The molecule has 1 unspecified atom stereocenters. The Morgan fingerprint density at radius 3 is 2.76 bits per heavy atom. The number of methoxy groups -OCH3 is 1. The number of nitrogens with zero attached hydrogens (tertiary/aromatic N) is 1. The SMILES string of the molecule is COCC1CCOC12CN(C(=O)C1CCC1)C2. The van der Waals surface area contributed by atoms with Crippen LogP contribution in [0, 0.1) is 11.8 Å². The van der Waals surface area contributed by atoms with E-state index < -0.39 is 0 Å². The Kier molecular flexibility index (Phi) is 2.87. The minimum atomic E-state index is -0.0740. The number of hydrogen-bond acceptors (Lipinski definition) is 3. The molecule has 1 amide bonds. The Bertz CT molecular complexity index is 308. The summed E-state index contributed by atoms with van der Waals surface area (Å²) in [6, 6.07) is 0. The van der Waals surface area contributed by atoms with Gasteiger partial charge in [0.25, 0.3) is 0 Å². The molecule has 3 aliphatic rings. The lowest BCUT2D eigenvalue weighted by atomic mass is 9.78. The fourth-order valence-corrected chi connectivity index (χ4v) is 3.24. The van der Waals surface area contributed by atoms with E-state index in [2.05, 4.69) is 0 Å². The van der Waals surface area contributed by atoms with Gasteiger partial charge in [-0.05, 0) is 19.3 Å². The average Bonchev–Trinajstić information content (AvgIpc) is 2.56. The quantitative estimate of drug-likeness (QED) is 0.739. The predicted molar refractivity (Wildman–Crippen MR) is 62.6 cm³/mol. The predicted octanol–water partition coefficient (Wildman–Crippen LogP) is 1.05. The number of hydrogen-bond donors (Lipinski definition) is 0. The second-order valence-corrected chi connectivity index (χ2v) is 5.68. The summed E-state index contributed by atoms with van der Waals surface area (Å²) in [7, 11) is 1.74. The summed E-state index contributed by atoms with van der Waals surface area (Å²) in [5.74, 6) is 1.14. The summed E-state index contributed by atoms with van der Waals surface area (Å²) in [6.45, 7) is 3.15. The van der Waals surface area contributed by atoms with E-state index in [0.717, 1.165) is 45.6 Å². The minimum Gasteiger partial charge on any atom is -0.384 e. The first kappa shape index (κ1) is 11.5. The van der Waals surface area contributed by atoms with Gasteiger partial charge in [0.2, 0.25) is 5.91 Å². The van der Waals surface area contributed by atoms with Crippen molar-refractivity contribution in [3.05, 3.63) is 0 Å². The van der Waals surface area contributed by atoms with Gasteiger partial charge in [-0.25, -0.2) is 0 Å². The van der Waals surface area contributed by atoms with Gasteiger partial charge in [-0.15, -0.1) is 0 Å². The number of likely N-dealkylation sites (tertiary alicyclic amines) is 1. The maximum atomic E-state index is 12.1. The highest BCUT2D eigenvalue weighted by molar-refractivity contribution is 5.80. The van der Waals surface area contributed by atoms with Gasteiger partial charge in [-0.2, -0.15) is 0 Å². The van der Waals surface area contributed by atoms with Crippen molar-refractivity contribution in [2.45, 2.75) is 31.3 Å². The van der Waals surface area contributed by atoms with Gasteiger partial charge in [0, 0.05) is 25.6 Å². The molecule has 0 N–H and O–H groups in total. The van der Waals surface area contributed by atoms with Gasteiger partial charge in [0.15, 0.2) is 0 Å². The fraction of sp³-hybridized carbons (Fsp3) is 0.923. The van der Waals surface area contributed by atoms with E-state index >= 15 is 0 Å². The second kappa shape index (κ2) is 4.25. The van der Waals surface area contributed by atoms with Crippen molar-refractivity contribution in [1.29, 1.82) is 0 Å². The van der Waals surface area contributed by atoms with E-state index in [4.69, 9.17) is 9.47 Å². The lowest BCUT2D eigenvalue weighted by Crippen LogP contribution is -2.67. The van der Waals surface area contributed by atoms with Gasteiger partial charge < -0.3 is 14.4 Å². The molecule has 2 heterocycles. The van der Waals surface area contributed by atoms with E-state index in [9.17, 15) is 4.79 Å². The first-order valence-electron chi connectivity index (χ1n) is 6.67. The molecule has 96 valence electrons. The summed E-state index contributed by atoms with van der Waals surface area (Å²) in [5, 5.41) is 0. The van der Waals surface area contributed by atoms with Crippen LogP contribution >= 0.6 is 0 Å². The molecular formula is C13H21NO3. The first-order chi connectivity index (χ1) is 8.25. The summed E-state index contributed by atoms with van der Waals surface area (Å²) in [5.41, 5.74) is -0.0740. The fourth-order valence-electron chi connectivity index (χ4n) is 3.24. The molecule has 17 heavy (non-hydrogen) atoms. The third-order valence-corrected chi connectivity index (χ3v) is 4.65. The number of amides is 1. The number of ether oxygens (including phenoxy) is 2. The molecule has 1 atom stereocenters. The van der Waals surface area contributed by atoms with Crippen molar-refractivity contribution in [2.24, 2.45) is 11.8 Å². The summed E-state index contributed by atoms with van der Waals surface area (Å²) in [6.07, 6.45) is 4.47. The standard InChI is InChI=1S/C13H21NO3/c1-16-7-11-5-6-17-13(11)8-14(9-13)12(15)10-3-2-4-10/h10-11H,2-9H2,1H3. The van der Waals surface area contributed by atoms with Crippen molar-refractivity contribution in [1.82, 2.24) is 4.90 Å². The van der Waals surface area contributed by atoms with Gasteiger partial charge in [0.1, 0.15) is 5.60 Å². The average molecular weight is 239 g/mol. The molecule has 0 radical (unpaired) electrons. The molecule has 3 fully saturated rings. The Balaban J connectivity index is 1.56. The lowest BCUT2D eigenvalue weighted by Gasteiger charge is -2.51. The third-order valence-electron chi connectivity index (χ3n) is 4.65. The van der Waals surface area contributed by atoms with Crippen molar-refractivity contribution < 1.29 is 14.3 Å². The van der Waals surface area contributed by atoms with Crippen LogP contribution in [0.2, 0.25) is 0 Å². The molecule has 0 aromatic heterocycles. The van der Waals surface area contributed by atoms with Crippen LogP contribution < -0.4 is 0 Å². The third kappa shape index (κ3) is 1.78. The van der Waals surface area contributed by atoms with Crippen molar-refractivity contribution in [2.75, 3.05) is 33.4 Å². The van der Waals surface area contributed by atoms with Crippen LogP contribution in [0.25, 0.3) is 0 Å². The van der Waals surface area contributed by atoms with Crippen molar-refractivity contribution in [3.8, 4) is 0 Å². The van der Waals surface area contributed by atoms with Crippen LogP contribution in [0.4, 0.5) is 0 Å². The van der Waals surface area contributed by atoms with Crippen LogP contribution in [0.15, 0.2) is 0 Å². The molecule has 0 aromatic rings. The Morgan fingerprint density at radius 1 is 1.41 bits per heavy atom. The summed E-state index contributed by atoms with van der Waals surface area (Å²) >= 11 is 0. The van der Waals surface area contributed by atoms with Crippen molar-refractivity contribution in [3.63, 3.8) is 0 Å². The van der Waals surface area contributed by atoms with Crippen LogP contribution in [0.5, 0.6) is 0 Å². The number of carbonyl (C=O) groups is 1. The van der Waals surface area contributed by atoms with Crippen LogP contribution in [-0.4, -0.2) is 49.8 Å². The normalized spacial score (nSPS) is 31.4. The molecule has 3 rings (SSSR count). The molecule has 0 aromatic carbocycles. The Hall–Kier alpha value is -0.610. The monoisotopic (exact) mass is 239 g/mol. The molecule has 0 bridgehead atoms. The van der Waals surface area contributed by atoms with Gasteiger partial charge in [0.05, 0.1) is 19.7 Å². The molecular weight excluding hydrogens is 218 g/mol. The molecule has 1 spiro atoms. The summed E-state index contributed by atoms with van der Waals surface area (Å²) < 4.78 is 11.1. The number of rotatable bonds is 3. The molecule has 4 nitrogen and oxygen atoms in total. The number of carbonyl (C=O) groups excluding carboxylic acids is 1. The highest BCUT2D eigenvalue weighted by Crippen LogP contribution is 2.41. The maximum Gasteiger partial charge on any atom is 0.225 e. The van der Waals surface area contributed by atoms with E-state index in [1.165, 1.54) is 6.42 Å². The Labute approximate surface area is 102 Å². The highest BCUT2D eigenvalue weighted by Gasteiger charge is 2.55. The molecule has 2 saturated heterocycles. The van der Waals surface area contributed by atoms with E-state index in [1.807, 2.05) is 4.90 Å². The Morgan fingerprint density at radius 2 is 2.18 bits per heavy atom. The largest absolute Gasteiger partial charge is 0.384 e. The maximum absolute atomic E-state index is 12.1. The highest BCUT2D eigenvalue weighted by atomic mass is 16.5. The summed E-state index contributed by atoms with van der Waals surface area (Å²) in [4.78, 5) is 14.0. The van der Waals surface area contributed by atoms with Gasteiger partial charge >= 0.3 is 0 Å². The topological polar surface area (TPSA) is 38.8 Å². The van der Waals surface area contributed by atoms with Gasteiger partial charge in [-0.1, -0.05) is 6.42 Å². The minimum absolute atomic E-state index is 0.0740.